The van der Waals surface area contributed by atoms with Crippen molar-refractivity contribution >= 4 is 17.4 Å². The number of amides is 2. The molecule has 124 valence electrons. The Morgan fingerprint density at radius 3 is 2.57 bits per heavy atom. The molecule has 1 aromatic heterocycles. The summed E-state index contributed by atoms with van der Waals surface area (Å²) in [5, 5.41) is 14.4. The van der Waals surface area contributed by atoms with Gasteiger partial charge in [-0.05, 0) is 42.8 Å². The van der Waals surface area contributed by atoms with Gasteiger partial charge in [-0.2, -0.15) is 0 Å². The van der Waals surface area contributed by atoms with Gasteiger partial charge in [0.2, 0.25) is 0 Å². The van der Waals surface area contributed by atoms with E-state index in [-0.39, 0.29) is 24.7 Å². The summed E-state index contributed by atoms with van der Waals surface area (Å²) in [6.45, 7) is 3.84. The van der Waals surface area contributed by atoms with Gasteiger partial charge in [0, 0.05) is 11.9 Å². The molecule has 4 nitrogen and oxygen atoms in total. The minimum Gasteiger partial charge on any atom is -0.394 e. The molecule has 0 spiro atoms. The third kappa shape index (κ3) is 4.56. The average molecular weight is 332 g/mol. The summed E-state index contributed by atoms with van der Waals surface area (Å²) in [5.74, 6) is 0. The SMILES string of the molecule is Cc1ccsc1C(Cc1ccccc1)NC(=O)N(C)C(C)CO. The number of benzene rings is 1. The number of hydrogen-bond donors (Lipinski definition) is 2. The first-order chi connectivity index (χ1) is 11.0. The third-order valence-corrected chi connectivity index (χ3v) is 5.18. The molecule has 0 radical (unpaired) electrons. The van der Waals surface area contributed by atoms with E-state index in [9.17, 15) is 9.90 Å². The largest absolute Gasteiger partial charge is 0.394 e. The van der Waals surface area contributed by atoms with E-state index in [1.165, 1.54) is 16.0 Å². The van der Waals surface area contributed by atoms with E-state index in [1.807, 2.05) is 25.1 Å². The summed E-state index contributed by atoms with van der Waals surface area (Å²) in [6.07, 6.45) is 0.745. The maximum Gasteiger partial charge on any atom is 0.317 e. The summed E-state index contributed by atoms with van der Waals surface area (Å²) in [7, 11) is 1.71. The van der Waals surface area contributed by atoms with Crippen LogP contribution in [0.1, 0.15) is 29.0 Å². The highest BCUT2D eigenvalue weighted by Gasteiger charge is 2.22. The predicted octanol–water partition coefficient (Wildman–Crippen LogP) is 3.36. The first kappa shape index (κ1) is 17.5. The Morgan fingerprint density at radius 2 is 2.00 bits per heavy atom. The number of aliphatic hydroxyl groups excluding tert-OH is 1. The molecule has 0 saturated carbocycles. The number of carbonyl (C=O) groups excluding carboxylic acids is 1. The highest BCUT2D eigenvalue weighted by Crippen LogP contribution is 2.27. The standard InChI is InChI=1S/C18H24N2O2S/c1-13-9-10-23-17(13)16(11-15-7-5-4-6-8-15)19-18(22)20(3)14(2)12-21/h4-10,14,16,21H,11-12H2,1-3H3,(H,19,22). The summed E-state index contributed by atoms with van der Waals surface area (Å²) in [4.78, 5) is 15.2. The monoisotopic (exact) mass is 332 g/mol. The lowest BCUT2D eigenvalue weighted by Crippen LogP contribution is -2.45. The first-order valence-corrected chi connectivity index (χ1v) is 8.63. The molecular formula is C18H24N2O2S. The summed E-state index contributed by atoms with van der Waals surface area (Å²) < 4.78 is 0. The molecule has 23 heavy (non-hydrogen) atoms. The Bertz CT molecular complexity index is 627. The Hall–Kier alpha value is -1.85. The van der Waals surface area contributed by atoms with Crippen LogP contribution in [-0.4, -0.2) is 35.7 Å². The van der Waals surface area contributed by atoms with E-state index in [2.05, 4.69) is 35.8 Å². The lowest BCUT2D eigenvalue weighted by molar-refractivity contribution is 0.155. The Morgan fingerprint density at radius 1 is 1.30 bits per heavy atom. The van der Waals surface area contributed by atoms with Crippen LogP contribution in [-0.2, 0) is 6.42 Å². The molecule has 2 atom stereocenters. The average Bonchev–Trinajstić information content (AvgIpc) is 2.99. The fourth-order valence-electron chi connectivity index (χ4n) is 2.37. The third-order valence-electron chi connectivity index (χ3n) is 4.04. The van der Waals surface area contributed by atoms with Crippen molar-refractivity contribution in [2.45, 2.75) is 32.4 Å². The molecule has 2 unspecified atom stereocenters. The number of likely N-dealkylation sites (N-methyl/N-ethyl adjacent to an activating group) is 1. The Labute approximate surface area is 141 Å². The van der Waals surface area contributed by atoms with Crippen molar-refractivity contribution in [3.8, 4) is 0 Å². The number of nitrogens with one attached hydrogen (secondary N) is 1. The lowest BCUT2D eigenvalue weighted by Gasteiger charge is -2.27. The molecule has 0 aliphatic carbocycles. The topological polar surface area (TPSA) is 52.6 Å². The van der Waals surface area contributed by atoms with Crippen molar-refractivity contribution in [1.29, 1.82) is 0 Å². The van der Waals surface area contributed by atoms with Crippen LogP contribution >= 0.6 is 11.3 Å². The van der Waals surface area contributed by atoms with Gasteiger partial charge >= 0.3 is 6.03 Å². The second-order valence-electron chi connectivity index (χ2n) is 5.80. The fourth-order valence-corrected chi connectivity index (χ4v) is 3.35. The minimum absolute atomic E-state index is 0.0503. The van der Waals surface area contributed by atoms with E-state index in [4.69, 9.17) is 0 Å². The number of aryl methyl sites for hydroxylation is 1. The van der Waals surface area contributed by atoms with Crippen molar-refractivity contribution in [2.75, 3.05) is 13.7 Å². The number of aliphatic hydroxyl groups is 1. The maximum absolute atomic E-state index is 12.5. The lowest BCUT2D eigenvalue weighted by atomic mass is 10.0. The van der Waals surface area contributed by atoms with Gasteiger partial charge < -0.3 is 15.3 Å². The van der Waals surface area contributed by atoms with Crippen molar-refractivity contribution in [3.05, 3.63) is 57.8 Å². The highest BCUT2D eigenvalue weighted by molar-refractivity contribution is 7.10. The van der Waals surface area contributed by atoms with Gasteiger partial charge in [0.25, 0.3) is 0 Å². The number of carbonyl (C=O) groups is 1. The van der Waals surface area contributed by atoms with Crippen LogP contribution in [0.5, 0.6) is 0 Å². The molecule has 2 amide bonds. The van der Waals surface area contributed by atoms with E-state index in [0.717, 1.165) is 6.42 Å². The molecule has 2 N–H and O–H groups in total. The number of rotatable bonds is 6. The molecule has 0 aliphatic rings. The zero-order valence-electron chi connectivity index (χ0n) is 13.8. The first-order valence-electron chi connectivity index (χ1n) is 7.75. The molecule has 0 bridgehead atoms. The van der Waals surface area contributed by atoms with Crippen molar-refractivity contribution in [1.82, 2.24) is 10.2 Å². The normalized spacial score (nSPS) is 13.4. The minimum atomic E-state index is -0.211. The van der Waals surface area contributed by atoms with Gasteiger partial charge in [0.1, 0.15) is 0 Å². The molecule has 5 heteroatoms. The van der Waals surface area contributed by atoms with Crippen LogP contribution in [0.15, 0.2) is 41.8 Å². The van der Waals surface area contributed by atoms with Crippen molar-refractivity contribution < 1.29 is 9.90 Å². The Kier molecular flexibility index (Phi) is 6.19. The van der Waals surface area contributed by atoms with Gasteiger partial charge in [-0.15, -0.1) is 11.3 Å². The molecule has 2 rings (SSSR count). The van der Waals surface area contributed by atoms with Gasteiger partial charge in [-0.1, -0.05) is 30.3 Å². The smallest absolute Gasteiger partial charge is 0.317 e. The van der Waals surface area contributed by atoms with Gasteiger partial charge in [0.05, 0.1) is 18.7 Å². The van der Waals surface area contributed by atoms with Gasteiger partial charge in [0.15, 0.2) is 0 Å². The molecule has 1 aromatic carbocycles. The van der Waals surface area contributed by atoms with E-state index in [0.29, 0.717) is 0 Å². The van der Waals surface area contributed by atoms with Gasteiger partial charge in [-0.25, -0.2) is 4.79 Å². The van der Waals surface area contributed by atoms with Crippen LogP contribution in [0.4, 0.5) is 4.79 Å². The number of nitrogens with zero attached hydrogens (tertiary/aromatic N) is 1. The number of hydrogen-bond acceptors (Lipinski definition) is 3. The molecule has 0 fully saturated rings. The second kappa shape index (κ2) is 8.13. The van der Waals surface area contributed by atoms with Crippen molar-refractivity contribution in [3.63, 3.8) is 0 Å². The summed E-state index contributed by atoms with van der Waals surface area (Å²) >= 11 is 1.66. The number of thiophene rings is 1. The molecule has 1 heterocycles. The van der Waals surface area contributed by atoms with Crippen LogP contribution in [0.25, 0.3) is 0 Å². The van der Waals surface area contributed by atoms with Crippen LogP contribution in [0.2, 0.25) is 0 Å². The second-order valence-corrected chi connectivity index (χ2v) is 6.75. The molecule has 0 saturated heterocycles. The van der Waals surface area contributed by atoms with Crippen molar-refractivity contribution in [2.24, 2.45) is 0 Å². The summed E-state index contributed by atoms with van der Waals surface area (Å²) in [5.41, 5.74) is 2.37. The predicted molar refractivity (Wildman–Crippen MR) is 94.8 cm³/mol. The van der Waals surface area contributed by atoms with Crippen LogP contribution < -0.4 is 5.32 Å². The highest BCUT2D eigenvalue weighted by atomic mass is 32.1. The number of urea groups is 1. The Balaban J connectivity index is 2.17. The summed E-state index contributed by atoms with van der Waals surface area (Å²) in [6, 6.07) is 11.8. The molecule has 0 aliphatic heterocycles. The van der Waals surface area contributed by atoms with Gasteiger partial charge in [-0.3, -0.25) is 0 Å². The molecule has 2 aromatic rings. The van der Waals surface area contributed by atoms with E-state index >= 15 is 0 Å². The maximum atomic E-state index is 12.5. The van der Waals surface area contributed by atoms with E-state index in [1.54, 1.807) is 23.3 Å². The molecular weight excluding hydrogens is 308 g/mol. The zero-order chi connectivity index (χ0) is 16.8. The fraction of sp³-hybridized carbons (Fsp3) is 0.389. The van der Waals surface area contributed by atoms with Crippen LogP contribution in [0, 0.1) is 6.92 Å². The van der Waals surface area contributed by atoms with E-state index < -0.39 is 0 Å². The zero-order valence-corrected chi connectivity index (χ0v) is 14.6. The van der Waals surface area contributed by atoms with Crippen LogP contribution in [0.3, 0.4) is 0 Å². The quantitative estimate of drug-likeness (QED) is 0.852.